The number of aliphatic hydroxyl groups excluding tert-OH is 1. The first-order valence-electron chi connectivity index (χ1n) is 7.41. The second kappa shape index (κ2) is 5.67. The van der Waals surface area contributed by atoms with E-state index in [0.717, 1.165) is 48.4 Å². The van der Waals surface area contributed by atoms with Crippen molar-refractivity contribution < 1.29 is 24.3 Å². The molecule has 1 aromatic heterocycles. The minimum Gasteiger partial charge on any atom is -0.507 e. The maximum Gasteiger partial charge on any atom is 0.135 e. The first-order chi connectivity index (χ1) is 10.1. The summed E-state index contributed by atoms with van der Waals surface area (Å²) < 4.78 is 11.1. The van der Waals surface area contributed by atoms with Gasteiger partial charge in [-0.2, -0.15) is 0 Å². The zero-order valence-electron chi connectivity index (χ0n) is 12.5. The molecule has 2 aromatic rings. The van der Waals surface area contributed by atoms with Gasteiger partial charge in [-0.3, -0.25) is 0 Å². The lowest BCUT2D eigenvalue weighted by atomic mass is 10.00. The van der Waals surface area contributed by atoms with Crippen LogP contribution >= 0.6 is 0 Å². The molecule has 5 heteroatoms. The number of aryl methyl sites for hydroxylation is 1. The van der Waals surface area contributed by atoms with Crippen molar-refractivity contribution in [2.75, 3.05) is 26.3 Å². The largest absolute Gasteiger partial charge is 0.507 e. The fraction of sp³-hybridized carbons (Fsp3) is 0.500. The number of morpholine rings is 1. The van der Waals surface area contributed by atoms with Crippen LogP contribution in [0.5, 0.6) is 5.75 Å². The summed E-state index contributed by atoms with van der Waals surface area (Å²) in [6.07, 6.45) is -0.619. The number of ether oxygens (including phenoxy) is 1. The van der Waals surface area contributed by atoms with E-state index in [-0.39, 0.29) is 5.75 Å². The molecule has 1 saturated heterocycles. The number of furan rings is 1. The number of rotatable bonds is 3. The Morgan fingerprint density at radius 1 is 1.29 bits per heavy atom. The Morgan fingerprint density at radius 3 is 2.67 bits per heavy atom. The van der Waals surface area contributed by atoms with Crippen molar-refractivity contribution in [3.8, 4) is 5.75 Å². The molecule has 2 heterocycles. The van der Waals surface area contributed by atoms with Crippen LogP contribution in [-0.2, 0) is 11.3 Å². The van der Waals surface area contributed by atoms with E-state index in [4.69, 9.17) is 9.15 Å². The summed E-state index contributed by atoms with van der Waals surface area (Å²) in [5.74, 6) is 0.980. The van der Waals surface area contributed by atoms with E-state index in [0.29, 0.717) is 12.3 Å². The molecule has 1 atom stereocenters. The van der Waals surface area contributed by atoms with E-state index in [1.807, 2.05) is 6.92 Å². The Balaban J connectivity index is 2.08. The van der Waals surface area contributed by atoms with Gasteiger partial charge in [-0.15, -0.1) is 0 Å². The van der Waals surface area contributed by atoms with Gasteiger partial charge in [0, 0.05) is 10.9 Å². The topological polar surface area (TPSA) is 67.3 Å². The highest BCUT2D eigenvalue weighted by Crippen LogP contribution is 2.36. The Kier molecular flexibility index (Phi) is 3.89. The normalized spacial score (nSPS) is 18.2. The molecular weight excluding hydrogens is 270 g/mol. The van der Waals surface area contributed by atoms with Crippen LogP contribution in [0.2, 0.25) is 0 Å². The molecule has 1 aromatic carbocycles. The lowest BCUT2D eigenvalue weighted by Crippen LogP contribution is -3.12. The number of hydrogen-bond donors (Lipinski definition) is 3. The molecule has 0 amide bonds. The number of nitrogens with one attached hydrogen (secondary N) is 1. The van der Waals surface area contributed by atoms with Gasteiger partial charge in [0.2, 0.25) is 0 Å². The minimum absolute atomic E-state index is 0.268. The number of fused-ring (bicyclic) bond motifs is 1. The molecule has 114 valence electrons. The van der Waals surface area contributed by atoms with Crippen LogP contribution in [0.25, 0.3) is 11.0 Å². The Labute approximate surface area is 123 Å². The molecule has 0 aliphatic carbocycles. The summed E-state index contributed by atoms with van der Waals surface area (Å²) in [7, 11) is 0. The van der Waals surface area contributed by atoms with E-state index in [1.54, 1.807) is 19.1 Å². The number of aromatic hydroxyl groups is 1. The van der Waals surface area contributed by atoms with Gasteiger partial charge in [0.05, 0.1) is 24.9 Å². The van der Waals surface area contributed by atoms with E-state index in [9.17, 15) is 10.2 Å². The van der Waals surface area contributed by atoms with Crippen molar-refractivity contribution in [1.29, 1.82) is 0 Å². The number of hydrogen-bond acceptors (Lipinski definition) is 4. The molecule has 1 aliphatic heterocycles. The van der Waals surface area contributed by atoms with Crippen LogP contribution in [0.1, 0.15) is 29.9 Å². The highest BCUT2D eigenvalue weighted by Gasteiger charge is 2.24. The van der Waals surface area contributed by atoms with Gasteiger partial charge in [0.1, 0.15) is 36.7 Å². The van der Waals surface area contributed by atoms with Gasteiger partial charge in [0.15, 0.2) is 0 Å². The average molecular weight is 292 g/mol. The maximum atomic E-state index is 10.3. The highest BCUT2D eigenvalue weighted by atomic mass is 16.5. The van der Waals surface area contributed by atoms with Crippen molar-refractivity contribution >= 4 is 11.0 Å². The van der Waals surface area contributed by atoms with E-state index in [1.165, 1.54) is 4.90 Å². The summed E-state index contributed by atoms with van der Waals surface area (Å²) in [5.41, 5.74) is 2.37. The fourth-order valence-electron chi connectivity index (χ4n) is 3.16. The van der Waals surface area contributed by atoms with Gasteiger partial charge in [-0.25, -0.2) is 0 Å². The molecule has 3 rings (SSSR count). The molecule has 1 fully saturated rings. The van der Waals surface area contributed by atoms with Crippen LogP contribution in [0.15, 0.2) is 16.5 Å². The Morgan fingerprint density at radius 2 is 2.00 bits per heavy atom. The third-order valence-corrected chi connectivity index (χ3v) is 4.21. The molecule has 0 saturated carbocycles. The number of aliphatic hydroxyl groups is 1. The SMILES string of the molecule is Cc1oc2ccc(O)c(C[NH+]3CCOCC3)c2c1[C@H](C)O. The van der Waals surface area contributed by atoms with Crippen molar-refractivity contribution in [3.63, 3.8) is 0 Å². The molecule has 0 bridgehead atoms. The van der Waals surface area contributed by atoms with Crippen LogP contribution in [-0.4, -0.2) is 36.5 Å². The van der Waals surface area contributed by atoms with Crippen molar-refractivity contribution in [2.24, 2.45) is 0 Å². The lowest BCUT2D eigenvalue weighted by molar-refractivity contribution is -0.921. The predicted molar refractivity (Wildman–Crippen MR) is 78.5 cm³/mol. The van der Waals surface area contributed by atoms with Crippen LogP contribution in [0.3, 0.4) is 0 Å². The first-order valence-corrected chi connectivity index (χ1v) is 7.41. The molecule has 0 spiro atoms. The summed E-state index contributed by atoms with van der Waals surface area (Å²) in [6.45, 7) is 7.65. The Bertz CT molecular complexity index is 641. The fourth-order valence-corrected chi connectivity index (χ4v) is 3.16. The van der Waals surface area contributed by atoms with Crippen molar-refractivity contribution in [1.82, 2.24) is 0 Å². The Hall–Kier alpha value is -1.56. The highest BCUT2D eigenvalue weighted by molar-refractivity contribution is 5.88. The van der Waals surface area contributed by atoms with Gasteiger partial charge >= 0.3 is 0 Å². The summed E-state index contributed by atoms with van der Waals surface area (Å²) >= 11 is 0. The van der Waals surface area contributed by atoms with E-state index >= 15 is 0 Å². The van der Waals surface area contributed by atoms with Crippen molar-refractivity contribution in [3.05, 3.63) is 29.0 Å². The lowest BCUT2D eigenvalue weighted by Gasteiger charge is -2.24. The zero-order chi connectivity index (χ0) is 15.0. The average Bonchev–Trinajstić information content (AvgIpc) is 2.80. The standard InChI is InChI=1S/C16H21NO4/c1-10(18)15-11(2)21-14-4-3-13(19)12(16(14)15)9-17-5-7-20-8-6-17/h3-4,10,18-19H,5-9H2,1-2H3/p+1/t10-/m0/s1. The van der Waals surface area contributed by atoms with E-state index in [2.05, 4.69) is 0 Å². The van der Waals surface area contributed by atoms with Crippen LogP contribution in [0, 0.1) is 6.92 Å². The molecule has 5 nitrogen and oxygen atoms in total. The minimum atomic E-state index is -0.619. The quantitative estimate of drug-likeness (QED) is 0.787. The molecule has 3 N–H and O–H groups in total. The third kappa shape index (κ3) is 2.64. The molecular formula is C16H22NO4+. The third-order valence-electron chi connectivity index (χ3n) is 4.21. The van der Waals surface area contributed by atoms with Crippen molar-refractivity contribution in [2.45, 2.75) is 26.5 Å². The van der Waals surface area contributed by atoms with Gasteiger partial charge in [-0.1, -0.05) is 0 Å². The van der Waals surface area contributed by atoms with E-state index < -0.39 is 6.10 Å². The second-order valence-corrected chi connectivity index (χ2v) is 5.72. The number of phenolic OH excluding ortho intramolecular Hbond substituents is 1. The summed E-state index contributed by atoms with van der Waals surface area (Å²) in [4.78, 5) is 1.37. The zero-order valence-corrected chi connectivity index (χ0v) is 12.5. The summed E-state index contributed by atoms with van der Waals surface area (Å²) in [6, 6.07) is 3.44. The van der Waals surface area contributed by atoms with Crippen LogP contribution in [0.4, 0.5) is 0 Å². The monoisotopic (exact) mass is 292 g/mol. The molecule has 0 radical (unpaired) electrons. The number of benzene rings is 1. The number of phenols is 1. The predicted octanol–water partition coefficient (Wildman–Crippen LogP) is 0.915. The van der Waals surface area contributed by atoms with Crippen LogP contribution < -0.4 is 4.90 Å². The molecule has 1 aliphatic rings. The first kappa shape index (κ1) is 14.4. The van der Waals surface area contributed by atoms with Gasteiger partial charge in [0.25, 0.3) is 0 Å². The van der Waals surface area contributed by atoms with Gasteiger partial charge in [-0.05, 0) is 26.0 Å². The maximum absolute atomic E-state index is 10.3. The van der Waals surface area contributed by atoms with Gasteiger partial charge < -0.3 is 24.3 Å². The smallest absolute Gasteiger partial charge is 0.135 e. The summed E-state index contributed by atoms with van der Waals surface area (Å²) in [5, 5.41) is 21.2. The number of quaternary nitrogens is 1. The molecule has 21 heavy (non-hydrogen) atoms. The molecule has 0 unspecified atom stereocenters. The second-order valence-electron chi connectivity index (χ2n) is 5.72.